The number of hydrogen-bond donors (Lipinski definition) is 1. The molecule has 2 rings (SSSR count). The number of hydrogen-bond acceptors (Lipinski definition) is 5. The van der Waals surface area contributed by atoms with Crippen LogP contribution in [-0.2, 0) is 10.0 Å². The van der Waals surface area contributed by atoms with Crippen molar-refractivity contribution < 1.29 is 17.4 Å². The third-order valence-corrected chi connectivity index (χ3v) is 4.51. The molecule has 19 heavy (non-hydrogen) atoms. The zero-order chi connectivity index (χ0) is 14.0. The van der Waals surface area contributed by atoms with E-state index in [1.54, 1.807) is 13.0 Å². The Hall–Kier alpha value is -1.60. The third kappa shape index (κ3) is 2.87. The summed E-state index contributed by atoms with van der Waals surface area (Å²) in [6, 6.07) is 2.92. The summed E-state index contributed by atoms with van der Waals surface area (Å²) in [5.74, 6) is 1.06. The Morgan fingerprint density at radius 1 is 1.42 bits per heavy atom. The monoisotopic (exact) mass is 284 g/mol. The molecular formula is C12H16N2O4S. The Morgan fingerprint density at radius 2 is 2.16 bits per heavy atom. The second-order valence-corrected chi connectivity index (χ2v) is 6.02. The summed E-state index contributed by atoms with van der Waals surface area (Å²) in [5, 5.41) is 3.56. The standard InChI is InChI=1S/C12H16N2O4S/c1-4-8(2)14-19(15,16)12-7-11(17-9(12)3)10-5-6-13-18-10/h5-8,14H,4H2,1-3H3/t8-/m0/s1. The molecule has 0 spiro atoms. The number of sulfonamides is 1. The predicted molar refractivity (Wildman–Crippen MR) is 69.0 cm³/mol. The molecule has 2 heterocycles. The van der Waals surface area contributed by atoms with E-state index in [4.69, 9.17) is 8.94 Å². The number of aryl methyl sites for hydroxylation is 1. The molecule has 2 aromatic rings. The molecule has 0 bridgehead atoms. The van der Waals surface area contributed by atoms with Crippen LogP contribution in [0.25, 0.3) is 11.5 Å². The first kappa shape index (κ1) is 13.8. The number of nitrogens with zero attached hydrogens (tertiary/aromatic N) is 1. The van der Waals surface area contributed by atoms with Crippen LogP contribution in [0.15, 0.2) is 32.2 Å². The van der Waals surface area contributed by atoms with Gasteiger partial charge < -0.3 is 8.94 Å². The number of rotatable bonds is 5. The molecule has 0 fully saturated rings. The van der Waals surface area contributed by atoms with Crippen molar-refractivity contribution in [2.24, 2.45) is 0 Å². The van der Waals surface area contributed by atoms with E-state index in [1.165, 1.54) is 12.3 Å². The minimum atomic E-state index is -3.58. The summed E-state index contributed by atoms with van der Waals surface area (Å²) in [6.07, 6.45) is 2.18. The normalized spacial score (nSPS) is 13.6. The average Bonchev–Trinajstić information content (AvgIpc) is 2.96. The first-order valence-corrected chi connectivity index (χ1v) is 7.46. The minimum absolute atomic E-state index is 0.124. The fourth-order valence-electron chi connectivity index (χ4n) is 1.61. The highest BCUT2D eigenvalue weighted by atomic mass is 32.2. The van der Waals surface area contributed by atoms with Gasteiger partial charge in [0.2, 0.25) is 15.8 Å². The van der Waals surface area contributed by atoms with Crippen LogP contribution in [0.1, 0.15) is 26.0 Å². The van der Waals surface area contributed by atoms with E-state index in [1.807, 2.05) is 13.8 Å². The molecule has 7 heteroatoms. The van der Waals surface area contributed by atoms with Crippen molar-refractivity contribution >= 4 is 10.0 Å². The van der Waals surface area contributed by atoms with Crippen molar-refractivity contribution in [1.29, 1.82) is 0 Å². The summed E-state index contributed by atoms with van der Waals surface area (Å²) in [4.78, 5) is 0.124. The van der Waals surface area contributed by atoms with Crippen molar-refractivity contribution in [2.75, 3.05) is 0 Å². The van der Waals surface area contributed by atoms with Crippen molar-refractivity contribution in [1.82, 2.24) is 9.88 Å². The summed E-state index contributed by atoms with van der Waals surface area (Å²) in [7, 11) is -3.58. The smallest absolute Gasteiger partial charge is 0.244 e. The molecule has 0 aromatic carbocycles. The van der Waals surface area contributed by atoms with E-state index in [0.717, 1.165) is 0 Å². The Balaban J connectivity index is 2.36. The summed E-state index contributed by atoms with van der Waals surface area (Å²) >= 11 is 0. The van der Waals surface area contributed by atoms with Gasteiger partial charge in [-0.3, -0.25) is 0 Å². The Morgan fingerprint density at radius 3 is 2.74 bits per heavy atom. The summed E-state index contributed by atoms with van der Waals surface area (Å²) in [5.41, 5.74) is 0. The average molecular weight is 284 g/mol. The van der Waals surface area contributed by atoms with Crippen molar-refractivity contribution in [3.05, 3.63) is 24.1 Å². The molecular weight excluding hydrogens is 268 g/mol. The number of aromatic nitrogens is 1. The molecule has 0 unspecified atom stereocenters. The van der Waals surface area contributed by atoms with Gasteiger partial charge in [0.25, 0.3) is 0 Å². The van der Waals surface area contributed by atoms with Crippen LogP contribution in [-0.4, -0.2) is 19.6 Å². The Labute approximate surface area is 111 Å². The SMILES string of the molecule is CC[C@H](C)NS(=O)(=O)c1cc(-c2ccno2)oc1C. The van der Waals surface area contributed by atoms with Crippen LogP contribution in [0.4, 0.5) is 0 Å². The maximum absolute atomic E-state index is 12.2. The van der Waals surface area contributed by atoms with Gasteiger partial charge in [0.15, 0.2) is 5.76 Å². The lowest BCUT2D eigenvalue weighted by Gasteiger charge is -2.10. The molecule has 0 aliphatic carbocycles. The van der Waals surface area contributed by atoms with Crippen LogP contribution in [0.5, 0.6) is 0 Å². The molecule has 2 aromatic heterocycles. The van der Waals surface area contributed by atoms with Gasteiger partial charge in [-0.15, -0.1) is 0 Å². The predicted octanol–water partition coefficient (Wildman–Crippen LogP) is 2.32. The van der Waals surface area contributed by atoms with Gasteiger partial charge in [0, 0.05) is 18.2 Å². The highest BCUT2D eigenvalue weighted by Crippen LogP contribution is 2.27. The van der Waals surface area contributed by atoms with Gasteiger partial charge >= 0.3 is 0 Å². The van der Waals surface area contributed by atoms with Gasteiger partial charge in [-0.25, -0.2) is 13.1 Å². The lowest BCUT2D eigenvalue weighted by Crippen LogP contribution is -2.32. The molecule has 104 valence electrons. The van der Waals surface area contributed by atoms with E-state index in [-0.39, 0.29) is 10.9 Å². The molecule has 0 aliphatic heterocycles. The van der Waals surface area contributed by atoms with Gasteiger partial charge in [-0.1, -0.05) is 12.1 Å². The molecule has 0 radical (unpaired) electrons. The van der Waals surface area contributed by atoms with Gasteiger partial charge in [0.1, 0.15) is 10.7 Å². The quantitative estimate of drug-likeness (QED) is 0.910. The summed E-state index contributed by atoms with van der Waals surface area (Å²) < 4.78 is 37.3. The lowest BCUT2D eigenvalue weighted by molar-refractivity contribution is 0.414. The highest BCUT2D eigenvalue weighted by molar-refractivity contribution is 7.89. The zero-order valence-electron chi connectivity index (χ0n) is 11.0. The molecule has 1 atom stereocenters. The van der Waals surface area contributed by atoms with Crippen molar-refractivity contribution in [3.63, 3.8) is 0 Å². The van der Waals surface area contributed by atoms with E-state index in [0.29, 0.717) is 23.7 Å². The lowest BCUT2D eigenvalue weighted by atomic mass is 10.3. The largest absolute Gasteiger partial charge is 0.457 e. The molecule has 0 saturated heterocycles. The topological polar surface area (TPSA) is 85.3 Å². The third-order valence-electron chi connectivity index (χ3n) is 2.81. The van der Waals surface area contributed by atoms with Crippen LogP contribution in [0.3, 0.4) is 0 Å². The number of nitrogens with one attached hydrogen (secondary N) is 1. The van der Waals surface area contributed by atoms with Crippen LogP contribution < -0.4 is 4.72 Å². The van der Waals surface area contributed by atoms with Crippen molar-refractivity contribution in [3.8, 4) is 11.5 Å². The molecule has 0 amide bonds. The van der Waals surface area contributed by atoms with E-state index in [9.17, 15) is 8.42 Å². The zero-order valence-corrected chi connectivity index (χ0v) is 11.8. The van der Waals surface area contributed by atoms with Gasteiger partial charge in [0.05, 0.1) is 6.20 Å². The Bertz CT molecular complexity index is 643. The maximum atomic E-state index is 12.2. The molecule has 6 nitrogen and oxygen atoms in total. The van der Waals surface area contributed by atoms with Crippen LogP contribution in [0.2, 0.25) is 0 Å². The van der Waals surface area contributed by atoms with Crippen molar-refractivity contribution in [2.45, 2.75) is 38.1 Å². The fraction of sp³-hybridized carbons (Fsp3) is 0.417. The van der Waals surface area contributed by atoms with Gasteiger partial charge in [-0.2, -0.15) is 0 Å². The maximum Gasteiger partial charge on any atom is 0.244 e. The van der Waals surface area contributed by atoms with Gasteiger partial charge in [-0.05, 0) is 20.3 Å². The highest BCUT2D eigenvalue weighted by Gasteiger charge is 2.24. The van der Waals surface area contributed by atoms with Crippen LogP contribution in [0, 0.1) is 6.92 Å². The first-order chi connectivity index (χ1) is 8.94. The first-order valence-electron chi connectivity index (χ1n) is 5.98. The minimum Gasteiger partial charge on any atom is -0.457 e. The second kappa shape index (κ2) is 5.18. The van der Waals surface area contributed by atoms with E-state index >= 15 is 0 Å². The molecule has 1 N–H and O–H groups in total. The fourth-order valence-corrected chi connectivity index (χ4v) is 3.11. The molecule has 0 saturated carbocycles. The van der Waals surface area contributed by atoms with Crippen LogP contribution >= 0.6 is 0 Å². The van der Waals surface area contributed by atoms with E-state index < -0.39 is 10.0 Å². The second-order valence-electron chi connectivity index (χ2n) is 4.34. The Kier molecular flexibility index (Phi) is 3.77. The van der Waals surface area contributed by atoms with E-state index in [2.05, 4.69) is 9.88 Å². The summed E-state index contributed by atoms with van der Waals surface area (Å²) in [6.45, 7) is 5.32. The molecule has 0 aliphatic rings. The number of furan rings is 1.